The number of nitrogens with zero attached hydrogens (tertiary/aromatic N) is 2. The van der Waals surface area contributed by atoms with Crippen molar-refractivity contribution >= 4 is 0 Å². The van der Waals surface area contributed by atoms with E-state index >= 15 is 0 Å². The average molecular weight is 302 g/mol. The second kappa shape index (κ2) is 5.93. The first-order chi connectivity index (χ1) is 10.6. The molecule has 0 saturated carbocycles. The van der Waals surface area contributed by atoms with Crippen LogP contribution in [0.25, 0.3) is 11.5 Å². The van der Waals surface area contributed by atoms with Crippen LogP contribution in [0, 0.1) is 18.6 Å². The molecule has 0 saturated heterocycles. The Hall–Kier alpha value is -2.76. The first kappa shape index (κ1) is 14.2. The lowest BCUT2D eigenvalue weighted by Crippen LogP contribution is -1.98. The van der Waals surface area contributed by atoms with Gasteiger partial charge in [0.15, 0.2) is 6.61 Å². The Labute approximate surface area is 125 Å². The highest BCUT2D eigenvalue weighted by molar-refractivity contribution is 5.52. The fourth-order valence-electron chi connectivity index (χ4n) is 1.91. The van der Waals surface area contributed by atoms with E-state index in [1.165, 1.54) is 24.3 Å². The van der Waals surface area contributed by atoms with E-state index < -0.39 is 0 Å². The zero-order valence-electron chi connectivity index (χ0n) is 11.7. The average Bonchev–Trinajstić information content (AvgIpc) is 2.97. The zero-order valence-corrected chi connectivity index (χ0v) is 11.7. The van der Waals surface area contributed by atoms with Crippen molar-refractivity contribution in [2.45, 2.75) is 13.5 Å². The second-order valence-electron chi connectivity index (χ2n) is 4.73. The van der Waals surface area contributed by atoms with Crippen LogP contribution >= 0.6 is 0 Å². The molecule has 0 aliphatic carbocycles. The van der Waals surface area contributed by atoms with Crippen molar-refractivity contribution in [1.29, 1.82) is 0 Å². The van der Waals surface area contributed by atoms with E-state index in [4.69, 9.17) is 9.26 Å². The van der Waals surface area contributed by atoms with Gasteiger partial charge in [-0.05, 0) is 48.9 Å². The van der Waals surface area contributed by atoms with Crippen LogP contribution in [-0.2, 0) is 6.61 Å². The van der Waals surface area contributed by atoms with Crippen LogP contribution in [0.4, 0.5) is 8.78 Å². The molecule has 0 bridgehead atoms. The summed E-state index contributed by atoms with van der Waals surface area (Å²) >= 11 is 0. The largest absolute Gasteiger partial charge is 0.485 e. The van der Waals surface area contributed by atoms with Gasteiger partial charge in [-0.2, -0.15) is 4.98 Å². The van der Waals surface area contributed by atoms with E-state index in [2.05, 4.69) is 10.1 Å². The van der Waals surface area contributed by atoms with Gasteiger partial charge >= 0.3 is 0 Å². The van der Waals surface area contributed by atoms with E-state index in [1.54, 1.807) is 25.1 Å². The fourth-order valence-corrected chi connectivity index (χ4v) is 1.91. The van der Waals surface area contributed by atoms with Gasteiger partial charge in [0, 0.05) is 5.56 Å². The Balaban J connectivity index is 1.70. The first-order valence-corrected chi connectivity index (χ1v) is 6.59. The maximum Gasteiger partial charge on any atom is 0.258 e. The van der Waals surface area contributed by atoms with Crippen molar-refractivity contribution in [3.05, 3.63) is 65.5 Å². The predicted octanol–water partition coefficient (Wildman–Crippen LogP) is 3.90. The number of hydrogen-bond acceptors (Lipinski definition) is 4. The molecule has 22 heavy (non-hydrogen) atoms. The number of ether oxygens (including phenoxy) is 1. The van der Waals surface area contributed by atoms with Gasteiger partial charge in [-0.25, -0.2) is 8.78 Å². The number of benzene rings is 2. The molecular weight excluding hydrogens is 290 g/mol. The number of halogens is 2. The molecule has 0 atom stereocenters. The van der Waals surface area contributed by atoms with Crippen LogP contribution in [0.3, 0.4) is 0 Å². The topological polar surface area (TPSA) is 48.2 Å². The molecule has 0 amide bonds. The molecule has 0 fully saturated rings. The summed E-state index contributed by atoms with van der Waals surface area (Å²) in [7, 11) is 0. The molecule has 0 spiro atoms. The van der Waals surface area contributed by atoms with E-state index in [0.717, 1.165) is 0 Å². The lowest BCUT2D eigenvalue weighted by Gasteiger charge is -2.04. The zero-order chi connectivity index (χ0) is 15.5. The van der Waals surface area contributed by atoms with Crippen LogP contribution in [-0.4, -0.2) is 10.1 Å². The molecule has 1 aromatic heterocycles. The number of hydrogen-bond donors (Lipinski definition) is 0. The van der Waals surface area contributed by atoms with Crippen molar-refractivity contribution in [2.75, 3.05) is 0 Å². The first-order valence-electron chi connectivity index (χ1n) is 6.59. The molecule has 4 nitrogen and oxygen atoms in total. The third kappa shape index (κ3) is 3.11. The van der Waals surface area contributed by atoms with Crippen molar-refractivity contribution in [1.82, 2.24) is 10.1 Å². The molecule has 3 rings (SSSR count). The monoisotopic (exact) mass is 302 g/mol. The molecular formula is C16H12F2N2O2. The van der Waals surface area contributed by atoms with Crippen LogP contribution in [0.1, 0.15) is 11.4 Å². The summed E-state index contributed by atoms with van der Waals surface area (Å²) in [5.74, 6) is 0.376. The molecule has 0 radical (unpaired) electrons. The summed E-state index contributed by atoms with van der Waals surface area (Å²) in [5, 5.41) is 3.77. The highest BCUT2D eigenvalue weighted by atomic mass is 19.1. The summed E-state index contributed by atoms with van der Waals surface area (Å²) in [6.45, 7) is 1.72. The molecule has 6 heteroatoms. The Morgan fingerprint density at radius 1 is 1.14 bits per heavy atom. The molecule has 0 N–H and O–H groups in total. The Morgan fingerprint density at radius 2 is 2.00 bits per heavy atom. The standard InChI is InChI=1S/C16H12F2N2O2/c1-10-7-13(5-6-14(10)18)21-9-15-19-16(22-20-15)11-3-2-4-12(17)8-11/h2-8H,9H2,1H3. The third-order valence-electron chi connectivity index (χ3n) is 3.04. The van der Waals surface area contributed by atoms with Crippen molar-refractivity contribution in [3.63, 3.8) is 0 Å². The summed E-state index contributed by atoms with van der Waals surface area (Å²) in [6.07, 6.45) is 0. The van der Waals surface area contributed by atoms with Gasteiger partial charge in [-0.3, -0.25) is 0 Å². The van der Waals surface area contributed by atoms with Gasteiger partial charge in [0.2, 0.25) is 5.82 Å². The molecule has 1 heterocycles. The minimum Gasteiger partial charge on any atom is -0.485 e. The Kier molecular flexibility index (Phi) is 3.82. The number of rotatable bonds is 4. The van der Waals surface area contributed by atoms with Gasteiger partial charge in [-0.1, -0.05) is 11.2 Å². The summed E-state index contributed by atoms with van der Waals surface area (Å²) in [4.78, 5) is 4.13. The maximum absolute atomic E-state index is 13.2. The number of aromatic nitrogens is 2. The Bertz CT molecular complexity index is 802. The Morgan fingerprint density at radius 3 is 2.77 bits per heavy atom. The van der Waals surface area contributed by atoms with E-state index in [9.17, 15) is 8.78 Å². The van der Waals surface area contributed by atoms with Crippen LogP contribution in [0.15, 0.2) is 47.0 Å². The molecule has 0 aliphatic rings. The second-order valence-corrected chi connectivity index (χ2v) is 4.73. The highest BCUT2D eigenvalue weighted by Crippen LogP contribution is 2.20. The summed E-state index contributed by atoms with van der Waals surface area (Å²) in [6, 6.07) is 10.3. The van der Waals surface area contributed by atoms with Crippen molar-refractivity contribution in [2.24, 2.45) is 0 Å². The van der Waals surface area contributed by atoms with E-state index in [0.29, 0.717) is 22.7 Å². The van der Waals surface area contributed by atoms with E-state index in [1.807, 2.05) is 0 Å². The molecule has 112 valence electrons. The normalized spacial score (nSPS) is 10.7. The van der Waals surface area contributed by atoms with E-state index in [-0.39, 0.29) is 24.1 Å². The highest BCUT2D eigenvalue weighted by Gasteiger charge is 2.10. The molecule has 3 aromatic rings. The van der Waals surface area contributed by atoms with Crippen LogP contribution in [0.2, 0.25) is 0 Å². The van der Waals surface area contributed by atoms with Gasteiger partial charge in [-0.15, -0.1) is 0 Å². The molecule has 0 aliphatic heterocycles. The number of aryl methyl sites for hydroxylation is 1. The lowest BCUT2D eigenvalue weighted by atomic mass is 10.2. The van der Waals surface area contributed by atoms with Crippen LogP contribution in [0.5, 0.6) is 5.75 Å². The molecule has 0 unspecified atom stereocenters. The van der Waals surface area contributed by atoms with Crippen molar-refractivity contribution < 1.29 is 18.0 Å². The fraction of sp³-hybridized carbons (Fsp3) is 0.125. The third-order valence-corrected chi connectivity index (χ3v) is 3.04. The lowest BCUT2D eigenvalue weighted by molar-refractivity contribution is 0.286. The summed E-state index contributed by atoms with van der Waals surface area (Å²) in [5.41, 5.74) is 0.988. The van der Waals surface area contributed by atoms with Gasteiger partial charge < -0.3 is 9.26 Å². The minimum atomic E-state index is -0.379. The SMILES string of the molecule is Cc1cc(OCc2noc(-c3cccc(F)c3)n2)ccc1F. The smallest absolute Gasteiger partial charge is 0.258 e. The van der Waals surface area contributed by atoms with Gasteiger partial charge in [0.25, 0.3) is 5.89 Å². The maximum atomic E-state index is 13.2. The quantitative estimate of drug-likeness (QED) is 0.733. The predicted molar refractivity (Wildman–Crippen MR) is 75.2 cm³/mol. The van der Waals surface area contributed by atoms with Gasteiger partial charge in [0.1, 0.15) is 17.4 Å². The van der Waals surface area contributed by atoms with Crippen LogP contribution < -0.4 is 4.74 Å². The molecule has 2 aromatic carbocycles. The van der Waals surface area contributed by atoms with Gasteiger partial charge in [0.05, 0.1) is 0 Å². The van der Waals surface area contributed by atoms with Crippen molar-refractivity contribution in [3.8, 4) is 17.2 Å². The summed E-state index contributed by atoms with van der Waals surface area (Å²) < 4.78 is 36.9. The minimum absolute atomic E-state index is 0.0733.